The van der Waals surface area contributed by atoms with Gasteiger partial charge < -0.3 is 20.1 Å². The van der Waals surface area contributed by atoms with Crippen molar-refractivity contribution in [3.8, 4) is 5.75 Å². The molecule has 4 nitrogen and oxygen atoms in total. The zero-order chi connectivity index (χ0) is 16.8. The van der Waals surface area contributed by atoms with Crippen LogP contribution >= 0.6 is 0 Å². The van der Waals surface area contributed by atoms with Crippen LogP contribution in [0, 0.1) is 0 Å². The number of para-hydroxylation sites is 1. The Labute approximate surface area is 138 Å². The molecular formula is C19H26N2O2. The summed E-state index contributed by atoms with van der Waals surface area (Å²) >= 11 is 0. The smallest absolute Gasteiger partial charge is 0.119 e. The molecule has 0 aliphatic carbocycles. The van der Waals surface area contributed by atoms with Crippen molar-refractivity contribution < 1.29 is 9.84 Å². The van der Waals surface area contributed by atoms with E-state index in [-0.39, 0.29) is 6.04 Å². The molecule has 2 N–H and O–H groups in total. The molecule has 4 heteroatoms. The lowest BCUT2D eigenvalue weighted by molar-refractivity contribution is 0.170. The van der Waals surface area contributed by atoms with Crippen LogP contribution in [-0.4, -0.2) is 32.9 Å². The summed E-state index contributed by atoms with van der Waals surface area (Å²) in [7, 11) is 5.71. The number of rotatable bonds is 7. The second kappa shape index (κ2) is 7.99. The van der Waals surface area contributed by atoms with E-state index in [0.717, 1.165) is 11.3 Å². The van der Waals surface area contributed by atoms with Gasteiger partial charge >= 0.3 is 0 Å². The van der Waals surface area contributed by atoms with Crippen molar-refractivity contribution in [1.29, 1.82) is 0 Å². The zero-order valence-corrected chi connectivity index (χ0v) is 14.3. The first-order valence-corrected chi connectivity index (χ1v) is 7.84. The van der Waals surface area contributed by atoms with Crippen molar-refractivity contribution in [2.45, 2.75) is 19.1 Å². The van der Waals surface area contributed by atoms with E-state index in [4.69, 9.17) is 4.74 Å². The van der Waals surface area contributed by atoms with E-state index in [1.54, 1.807) is 7.11 Å². The minimum absolute atomic E-state index is 0.147. The van der Waals surface area contributed by atoms with Crippen LogP contribution in [0.4, 0.5) is 5.69 Å². The summed E-state index contributed by atoms with van der Waals surface area (Å²) in [6.07, 6.45) is -0.570. The van der Waals surface area contributed by atoms with Crippen LogP contribution in [0.15, 0.2) is 48.5 Å². The predicted molar refractivity (Wildman–Crippen MR) is 95.1 cm³/mol. The molecule has 2 aromatic rings. The van der Waals surface area contributed by atoms with Gasteiger partial charge in [-0.2, -0.15) is 0 Å². The largest absolute Gasteiger partial charge is 0.497 e. The van der Waals surface area contributed by atoms with Gasteiger partial charge in [-0.3, -0.25) is 0 Å². The lowest BCUT2D eigenvalue weighted by atomic mass is 10.0. The van der Waals surface area contributed by atoms with Gasteiger partial charge in [-0.15, -0.1) is 0 Å². The second-order valence-corrected chi connectivity index (χ2v) is 5.88. The zero-order valence-electron chi connectivity index (χ0n) is 14.3. The van der Waals surface area contributed by atoms with E-state index in [2.05, 4.69) is 29.3 Å². The summed E-state index contributed by atoms with van der Waals surface area (Å²) in [5, 5.41) is 13.8. The molecule has 0 saturated heterocycles. The van der Waals surface area contributed by atoms with Crippen molar-refractivity contribution in [2.75, 3.05) is 32.6 Å². The molecule has 2 rings (SSSR count). The SMILES string of the molecule is COc1cccc(C(O)CNC(C)c2ccccc2N(C)C)c1. The Kier molecular flexibility index (Phi) is 6.02. The van der Waals surface area contributed by atoms with Crippen LogP contribution in [0.1, 0.15) is 30.2 Å². The molecule has 0 aliphatic rings. The fraction of sp³-hybridized carbons (Fsp3) is 0.368. The number of aliphatic hydroxyl groups excluding tert-OH is 1. The Morgan fingerprint density at radius 3 is 2.57 bits per heavy atom. The number of nitrogens with zero attached hydrogens (tertiary/aromatic N) is 1. The number of hydrogen-bond acceptors (Lipinski definition) is 4. The van der Waals surface area contributed by atoms with Crippen LogP contribution in [0.3, 0.4) is 0 Å². The standard InChI is InChI=1S/C19H26N2O2/c1-14(17-10-5-6-11-18(17)21(2)3)20-13-19(22)15-8-7-9-16(12-15)23-4/h5-12,14,19-20,22H,13H2,1-4H3. The Morgan fingerprint density at radius 2 is 1.87 bits per heavy atom. The van der Waals surface area contributed by atoms with Gasteiger partial charge in [0.1, 0.15) is 5.75 Å². The van der Waals surface area contributed by atoms with Gasteiger partial charge in [0.25, 0.3) is 0 Å². The molecule has 2 atom stereocenters. The van der Waals surface area contributed by atoms with Crippen molar-refractivity contribution in [2.24, 2.45) is 0 Å². The number of hydrogen-bond donors (Lipinski definition) is 2. The highest BCUT2D eigenvalue weighted by molar-refractivity contribution is 5.53. The lowest BCUT2D eigenvalue weighted by Crippen LogP contribution is -2.26. The van der Waals surface area contributed by atoms with Gasteiger partial charge in [0.05, 0.1) is 13.2 Å². The molecule has 0 fully saturated rings. The molecule has 2 aromatic carbocycles. The molecule has 0 saturated carbocycles. The Bertz CT molecular complexity index is 628. The molecule has 0 heterocycles. The van der Waals surface area contributed by atoms with Crippen LogP contribution in [-0.2, 0) is 0 Å². The summed E-state index contributed by atoms with van der Waals surface area (Å²) in [4.78, 5) is 2.10. The topological polar surface area (TPSA) is 44.7 Å². The van der Waals surface area contributed by atoms with Crippen LogP contribution < -0.4 is 15.0 Å². The van der Waals surface area contributed by atoms with E-state index in [1.165, 1.54) is 11.3 Å². The van der Waals surface area contributed by atoms with Crippen LogP contribution in [0.5, 0.6) is 5.75 Å². The van der Waals surface area contributed by atoms with Crippen molar-refractivity contribution >= 4 is 5.69 Å². The first-order chi connectivity index (χ1) is 11.0. The number of methoxy groups -OCH3 is 1. The first kappa shape index (κ1) is 17.3. The summed E-state index contributed by atoms with van der Waals surface area (Å²) in [6.45, 7) is 2.59. The van der Waals surface area contributed by atoms with Crippen LogP contribution in [0.25, 0.3) is 0 Å². The maximum absolute atomic E-state index is 10.4. The van der Waals surface area contributed by atoms with E-state index in [0.29, 0.717) is 6.54 Å². The number of aliphatic hydroxyl groups is 1. The summed E-state index contributed by atoms with van der Waals surface area (Å²) in [5.41, 5.74) is 3.25. The Balaban J connectivity index is 2.02. The minimum Gasteiger partial charge on any atom is -0.497 e. The van der Waals surface area contributed by atoms with Crippen molar-refractivity contribution in [1.82, 2.24) is 5.32 Å². The number of ether oxygens (including phenoxy) is 1. The molecule has 0 bridgehead atoms. The van der Waals surface area contributed by atoms with E-state index >= 15 is 0 Å². The quantitative estimate of drug-likeness (QED) is 0.824. The maximum Gasteiger partial charge on any atom is 0.119 e. The third kappa shape index (κ3) is 4.47. The molecule has 2 unspecified atom stereocenters. The maximum atomic E-state index is 10.4. The third-order valence-corrected chi connectivity index (χ3v) is 3.98. The molecule has 0 spiro atoms. The number of nitrogens with one attached hydrogen (secondary N) is 1. The second-order valence-electron chi connectivity index (χ2n) is 5.88. The molecule has 0 aromatic heterocycles. The lowest BCUT2D eigenvalue weighted by Gasteiger charge is -2.23. The van der Waals surface area contributed by atoms with Crippen LogP contribution in [0.2, 0.25) is 0 Å². The molecule has 23 heavy (non-hydrogen) atoms. The van der Waals surface area contributed by atoms with E-state index in [9.17, 15) is 5.11 Å². The fourth-order valence-corrected chi connectivity index (χ4v) is 2.63. The first-order valence-electron chi connectivity index (χ1n) is 7.84. The highest BCUT2D eigenvalue weighted by atomic mass is 16.5. The molecule has 0 aliphatic heterocycles. The fourth-order valence-electron chi connectivity index (χ4n) is 2.63. The van der Waals surface area contributed by atoms with Crippen molar-refractivity contribution in [3.05, 3.63) is 59.7 Å². The monoisotopic (exact) mass is 314 g/mol. The number of benzene rings is 2. The summed E-state index contributed by atoms with van der Waals surface area (Å²) in [6, 6.07) is 16.0. The molecule has 0 amide bonds. The van der Waals surface area contributed by atoms with Gasteiger partial charge in [0, 0.05) is 32.4 Å². The Morgan fingerprint density at radius 1 is 1.13 bits per heavy atom. The molecule has 124 valence electrons. The minimum atomic E-state index is -0.570. The summed E-state index contributed by atoms with van der Waals surface area (Å²) < 4.78 is 5.20. The van der Waals surface area contributed by atoms with E-state index in [1.807, 2.05) is 50.5 Å². The van der Waals surface area contributed by atoms with Gasteiger partial charge in [0.15, 0.2) is 0 Å². The van der Waals surface area contributed by atoms with E-state index < -0.39 is 6.10 Å². The highest BCUT2D eigenvalue weighted by Crippen LogP contribution is 2.25. The Hall–Kier alpha value is -2.04. The average molecular weight is 314 g/mol. The predicted octanol–water partition coefficient (Wildman–Crippen LogP) is 3.15. The molecule has 0 radical (unpaired) electrons. The molecular weight excluding hydrogens is 288 g/mol. The van der Waals surface area contributed by atoms with Gasteiger partial charge in [-0.25, -0.2) is 0 Å². The normalized spacial score (nSPS) is 13.4. The number of anilines is 1. The highest BCUT2D eigenvalue weighted by Gasteiger charge is 2.14. The van der Waals surface area contributed by atoms with Gasteiger partial charge in [-0.1, -0.05) is 30.3 Å². The van der Waals surface area contributed by atoms with Gasteiger partial charge in [-0.05, 0) is 36.2 Å². The van der Waals surface area contributed by atoms with Crippen molar-refractivity contribution in [3.63, 3.8) is 0 Å². The summed E-state index contributed by atoms with van der Waals surface area (Å²) in [5.74, 6) is 0.757. The third-order valence-electron chi connectivity index (χ3n) is 3.98. The van der Waals surface area contributed by atoms with Gasteiger partial charge in [0.2, 0.25) is 0 Å². The average Bonchev–Trinajstić information content (AvgIpc) is 2.59.